The van der Waals surface area contributed by atoms with Crippen LogP contribution in [0.25, 0.3) is 0 Å². The van der Waals surface area contributed by atoms with Crippen LogP contribution < -0.4 is 5.32 Å². The molecular formula is C21H30N4O4S. The Kier molecular flexibility index (Phi) is 6.33. The lowest BCUT2D eigenvalue weighted by molar-refractivity contribution is 0.0949. The molecule has 1 aliphatic heterocycles. The summed E-state index contributed by atoms with van der Waals surface area (Å²) in [4.78, 5) is 17.0. The van der Waals surface area contributed by atoms with Gasteiger partial charge in [-0.3, -0.25) is 4.79 Å². The fraction of sp³-hybridized carbons (Fsp3) is 0.571. The number of nitrogens with zero attached hydrogens (tertiary/aromatic N) is 3. The molecule has 1 N–H and O–H groups in total. The summed E-state index contributed by atoms with van der Waals surface area (Å²) < 4.78 is 32.9. The molecule has 0 bridgehead atoms. The van der Waals surface area contributed by atoms with Crippen LogP contribution in [0.2, 0.25) is 0 Å². The minimum Gasteiger partial charge on any atom is -0.345 e. The van der Waals surface area contributed by atoms with Gasteiger partial charge in [-0.1, -0.05) is 45.8 Å². The summed E-state index contributed by atoms with van der Waals surface area (Å²) in [5, 5.41) is 6.60. The van der Waals surface area contributed by atoms with Crippen molar-refractivity contribution in [1.29, 1.82) is 0 Å². The molecule has 0 spiro atoms. The SMILES string of the molecule is CC1CC(C)CN(S(=O)(=O)c2cccc(C(=O)NCc3noc(C(C)(C)C)n3)c2)C1. The maximum absolute atomic E-state index is 13.1. The highest BCUT2D eigenvalue weighted by atomic mass is 32.2. The highest BCUT2D eigenvalue weighted by Gasteiger charge is 2.32. The molecule has 1 aliphatic rings. The Balaban J connectivity index is 1.71. The first-order chi connectivity index (χ1) is 14.0. The normalized spacial score (nSPS) is 20.8. The molecule has 1 saturated heterocycles. The number of hydrogen-bond donors (Lipinski definition) is 1. The molecule has 2 unspecified atom stereocenters. The van der Waals surface area contributed by atoms with Crippen LogP contribution >= 0.6 is 0 Å². The second-order valence-corrected chi connectivity index (χ2v) is 11.2. The molecular weight excluding hydrogens is 404 g/mol. The molecule has 0 aliphatic carbocycles. The zero-order valence-corrected chi connectivity index (χ0v) is 19.0. The number of nitrogens with one attached hydrogen (secondary N) is 1. The van der Waals surface area contributed by atoms with Crippen LogP contribution in [0.4, 0.5) is 0 Å². The van der Waals surface area contributed by atoms with E-state index in [1.165, 1.54) is 16.4 Å². The lowest BCUT2D eigenvalue weighted by atomic mass is 9.94. The average Bonchev–Trinajstić information content (AvgIpc) is 3.15. The van der Waals surface area contributed by atoms with Crippen molar-refractivity contribution in [1.82, 2.24) is 19.8 Å². The Morgan fingerprint density at radius 3 is 2.50 bits per heavy atom. The number of carbonyl (C=O) groups is 1. The number of aromatic nitrogens is 2. The molecule has 30 heavy (non-hydrogen) atoms. The molecule has 2 aromatic rings. The Morgan fingerprint density at radius 2 is 1.90 bits per heavy atom. The molecule has 3 rings (SSSR count). The summed E-state index contributed by atoms with van der Waals surface area (Å²) in [5.74, 6) is 1.08. The number of amides is 1. The summed E-state index contributed by atoms with van der Waals surface area (Å²) in [5.41, 5.74) is -0.00443. The zero-order valence-electron chi connectivity index (χ0n) is 18.2. The lowest BCUT2D eigenvalue weighted by Gasteiger charge is -2.34. The van der Waals surface area contributed by atoms with E-state index in [9.17, 15) is 13.2 Å². The van der Waals surface area contributed by atoms with Crippen molar-refractivity contribution in [3.05, 3.63) is 41.5 Å². The van der Waals surface area contributed by atoms with E-state index >= 15 is 0 Å². The number of benzene rings is 1. The van der Waals surface area contributed by atoms with Crippen molar-refractivity contribution in [2.75, 3.05) is 13.1 Å². The van der Waals surface area contributed by atoms with E-state index < -0.39 is 15.9 Å². The minimum absolute atomic E-state index is 0.0938. The minimum atomic E-state index is -3.65. The van der Waals surface area contributed by atoms with Crippen LogP contribution in [0, 0.1) is 11.8 Å². The first kappa shape index (κ1) is 22.4. The van der Waals surface area contributed by atoms with Gasteiger partial charge in [0.25, 0.3) is 5.91 Å². The average molecular weight is 435 g/mol. The summed E-state index contributed by atoms with van der Waals surface area (Å²) in [7, 11) is -3.65. The van der Waals surface area contributed by atoms with Crippen LogP contribution in [-0.4, -0.2) is 41.9 Å². The highest BCUT2D eigenvalue weighted by Crippen LogP contribution is 2.27. The third kappa shape index (κ3) is 5.07. The van der Waals surface area contributed by atoms with E-state index in [-0.39, 0.29) is 22.4 Å². The van der Waals surface area contributed by atoms with Crippen LogP contribution in [0.1, 0.15) is 63.1 Å². The maximum Gasteiger partial charge on any atom is 0.251 e. The van der Waals surface area contributed by atoms with Gasteiger partial charge in [0, 0.05) is 24.1 Å². The maximum atomic E-state index is 13.1. The predicted octanol–water partition coefficient (Wildman–Crippen LogP) is 2.96. The summed E-state index contributed by atoms with van der Waals surface area (Å²) in [6.07, 6.45) is 1.02. The van der Waals surface area contributed by atoms with Crippen LogP contribution in [-0.2, 0) is 22.0 Å². The molecule has 8 nitrogen and oxygen atoms in total. The number of carbonyl (C=O) groups excluding carboxylic acids is 1. The Labute approximate surface area is 178 Å². The van der Waals surface area contributed by atoms with Gasteiger partial charge in [-0.05, 0) is 36.5 Å². The van der Waals surface area contributed by atoms with Crippen molar-refractivity contribution in [3.63, 3.8) is 0 Å². The van der Waals surface area contributed by atoms with Gasteiger partial charge in [-0.2, -0.15) is 9.29 Å². The number of hydrogen-bond acceptors (Lipinski definition) is 6. The van der Waals surface area contributed by atoms with E-state index in [1.807, 2.05) is 20.8 Å². The largest absolute Gasteiger partial charge is 0.345 e. The van der Waals surface area contributed by atoms with Gasteiger partial charge in [0.1, 0.15) is 0 Å². The molecule has 1 fully saturated rings. The molecule has 164 valence electrons. The highest BCUT2D eigenvalue weighted by molar-refractivity contribution is 7.89. The predicted molar refractivity (Wildman–Crippen MR) is 112 cm³/mol. The van der Waals surface area contributed by atoms with Gasteiger partial charge >= 0.3 is 0 Å². The topological polar surface area (TPSA) is 105 Å². The lowest BCUT2D eigenvalue weighted by Crippen LogP contribution is -2.42. The molecule has 2 atom stereocenters. The summed E-state index contributed by atoms with van der Waals surface area (Å²) in [6, 6.07) is 6.13. The molecule has 9 heteroatoms. The number of piperidine rings is 1. The van der Waals surface area contributed by atoms with Crippen LogP contribution in [0.3, 0.4) is 0 Å². The van der Waals surface area contributed by atoms with Gasteiger partial charge < -0.3 is 9.84 Å². The zero-order chi connectivity index (χ0) is 22.1. The van der Waals surface area contributed by atoms with Crippen LogP contribution in [0.15, 0.2) is 33.7 Å². The standard InChI is InChI=1S/C21H30N4O4S/c1-14-9-15(2)13-25(12-14)30(27,28)17-8-6-7-16(10-17)19(26)22-11-18-23-20(29-24-18)21(3,4)5/h6-8,10,14-15H,9,11-13H2,1-5H3,(H,22,26). The Hall–Kier alpha value is -2.26. The van der Waals surface area contributed by atoms with Crippen molar-refractivity contribution < 1.29 is 17.7 Å². The molecule has 1 aromatic heterocycles. The Morgan fingerprint density at radius 1 is 1.23 bits per heavy atom. The monoisotopic (exact) mass is 434 g/mol. The summed E-state index contributed by atoms with van der Waals surface area (Å²) >= 11 is 0. The molecule has 0 saturated carbocycles. The van der Waals surface area contributed by atoms with E-state index in [4.69, 9.17) is 4.52 Å². The fourth-order valence-electron chi connectivity index (χ4n) is 3.64. The van der Waals surface area contributed by atoms with Gasteiger partial charge in [-0.15, -0.1) is 0 Å². The second-order valence-electron chi connectivity index (χ2n) is 9.24. The number of sulfonamides is 1. The Bertz CT molecular complexity index is 1000. The van der Waals surface area contributed by atoms with Crippen LogP contribution in [0.5, 0.6) is 0 Å². The quantitative estimate of drug-likeness (QED) is 0.776. The molecule has 2 heterocycles. The molecule has 1 amide bonds. The second kappa shape index (κ2) is 8.47. The summed E-state index contributed by atoms with van der Waals surface area (Å²) in [6.45, 7) is 11.1. The van der Waals surface area contributed by atoms with Gasteiger partial charge in [0.2, 0.25) is 15.9 Å². The van der Waals surface area contributed by atoms with E-state index in [0.29, 0.717) is 36.6 Å². The van der Waals surface area contributed by atoms with Crippen molar-refractivity contribution >= 4 is 15.9 Å². The van der Waals surface area contributed by atoms with Gasteiger partial charge in [0.05, 0.1) is 11.4 Å². The number of rotatable bonds is 5. The van der Waals surface area contributed by atoms with Crippen molar-refractivity contribution in [3.8, 4) is 0 Å². The van der Waals surface area contributed by atoms with E-state index in [0.717, 1.165) is 6.42 Å². The van der Waals surface area contributed by atoms with Crippen molar-refractivity contribution in [2.24, 2.45) is 11.8 Å². The third-order valence-corrected chi connectivity index (χ3v) is 6.91. The van der Waals surface area contributed by atoms with E-state index in [2.05, 4.69) is 29.3 Å². The van der Waals surface area contributed by atoms with E-state index in [1.54, 1.807) is 12.1 Å². The molecule has 1 aromatic carbocycles. The first-order valence-corrected chi connectivity index (χ1v) is 11.6. The van der Waals surface area contributed by atoms with Gasteiger partial charge in [0.15, 0.2) is 5.82 Å². The smallest absolute Gasteiger partial charge is 0.251 e. The molecule has 0 radical (unpaired) electrons. The first-order valence-electron chi connectivity index (χ1n) is 10.2. The van der Waals surface area contributed by atoms with Gasteiger partial charge in [-0.25, -0.2) is 8.42 Å². The fourth-order valence-corrected chi connectivity index (χ4v) is 5.37. The van der Waals surface area contributed by atoms with Crippen molar-refractivity contribution in [2.45, 2.75) is 57.9 Å². The third-order valence-electron chi connectivity index (χ3n) is 5.09.